The number of amides is 3. The zero-order valence-corrected chi connectivity index (χ0v) is 18.3. The number of nitrogens with one attached hydrogen (secondary N) is 4. The molecule has 2 aromatic rings. The van der Waals surface area contributed by atoms with Gasteiger partial charge in [0.25, 0.3) is 5.91 Å². The van der Waals surface area contributed by atoms with Crippen molar-refractivity contribution in [3.05, 3.63) is 30.0 Å². The molecule has 1 aliphatic carbocycles. The van der Waals surface area contributed by atoms with Gasteiger partial charge in [-0.15, -0.1) is 0 Å². The lowest BCUT2D eigenvalue weighted by Crippen LogP contribution is -2.50. The van der Waals surface area contributed by atoms with Gasteiger partial charge in [0.05, 0.1) is 6.07 Å². The third-order valence-electron chi connectivity index (χ3n) is 6.13. The van der Waals surface area contributed by atoms with E-state index in [4.69, 9.17) is 0 Å². The van der Waals surface area contributed by atoms with Gasteiger partial charge in [0.1, 0.15) is 23.5 Å². The van der Waals surface area contributed by atoms with Crippen LogP contribution >= 0.6 is 0 Å². The number of H-pyrrole nitrogens is 1. The van der Waals surface area contributed by atoms with Crippen LogP contribution in [-0.4, -0.2) is 47.9 Å². The molecule has 1 saturated carbocycles. The van der Waals surface area contributed by atoms with Crippen molar-refractivity contribution in [2.24, 2.45) is 11.8 Å². The standard InChI is InChI=1S/C23H25F2N5O4/c24-23(25)34-19-3-1-2-16-15(19)10-18(29-16)22(33)30-17(8-12-4-5-12)21(32)28-14(11-26)9-13-6-7-27-20(13)31/h1-3,10,12-14,17,23,29H,4-9H2,(H,27,31)(H,28,32)(H,30,33)/t13-,14-,17-/m0/s1. The first-order valence-corrected chi connectivity index (χ1v) is 11.2. The maximum atomic E-state index is 13.0. The highest BCUT2D eigenvalue weighted by atomic mass is 19.3. The molecular formula is C23H25F2N5O4. The summed E-state index contributed by atoms with van der Waals surface area (Å²) in [5.41, 5.74) is 0.527. The van der Waals surface area contributed by atoms with Crippen LogP contribution < -0.4 is 20.7 Å². The largest absolute Gasteiger partial charge is 0.434 e. The fourth-order valence-electron chi connectivity index (χ4n) is 4.17. The summed E-state index contributed by atoms with van der Waals surface area (Å²) >= 11 is 0. The van der Waals surface area contributed by atoms with E-state index in [1.807, 2.05) is 6.07 Å². The van der Waals surface area contributed by atoms with E-state index >= 15 is 0 Å². The van der Waals surface area contributed by atoms with E-state index in [1.165, 1.54) is 18.2 Å². The summed E-state index contributed by atoms with van der Waals surface area (Å²) < 4.78 is 29.9. The van der Waals surface area contributed by atoms with Crippen molar-refractivity contribution in [2.75, 3.05) is 6.54 Å². The van der Waals surface area contributed by atoms with Gasteiger partial charge in [-0.1, -0.05) is 18.9 Å². The summed E-state index contributed by atoms with van der Waals surface area (Å²) in [4.78, 5) is 40.5. The number of nitrogens with zero attached hydrogens (tertiary/aromatic N) is 1. The molecule has 180 valence electrons. The Hall–Kier alpha value is -3.68. The van der Waals surface area contributed by atoms with E-state index in [9.17, 15) is 28.4 Å². The Morgan fingerprint density at radius 2 is 2.00 bits per heavy atom. The Balaban J connectivity index is 1.45. The molecule has 4 N–H and O–H groups in total. The van der Waals surface area contributed by atoms with E-state index in [0.717, 1.165) is 12.8 Å². The molecule has 1 aromatic carbocycles. The van der Waals surface area contributed by atoms with Crippen LogP contribution in [-0.2, 0) is 9.59 Å². The molecule has 2 heterocycles. The van der Waals surface area contributed by atoms with E-state index in [1.54, 1.807) is 6.07 Å². The minimum Gasteiger partial charge on any atom is -0.434 e. The third kappa shape index (κ3) is 5.62. The smallest absolute Gasteiger partial charge is 0.387 e. The van der Waals surface area contributed by atoms with Crippen LogP contribution in [0.2, 0.25) is 0 Å². The molecule has 1 aromatic heterocycles. The van der Waals surface area contributed by atoms with E-state index in [-0.39, 0.29) is 29.7 Å². The molecule has 1 aliphatic heterocycles. The minimum atomic E-state index is -3.01. The van der Waals surface area contributed by atoms with Crippen molar-refractivity contribution >= 4 is 28.6 Å². The second-order valence-electron chi connectivity index (χ2n) is 8.69. The zero-order chi connectivity index (χ0) is 24.2. The quantitative estimate of drug-likeness (QED) is 0.419. The van der Waals surface area contributed by atoms with Crippen LogP contribution in [0.25, 0.3) is 10.9 Å². The van der Waals surface area contributed by atoms with Gasteiger partial charge in [0, 0.05) is 23.4 Å². The summed E-state index contributed by atoms with van der Waals surface area (Å²) in [6.45, 7) is -2.46. The van der Waals surface area contributed by atoms with Crippen molar-refractivity contribution in [1.29, 1.82) is 5.26 Å². The lowest BCUT2D eigenvalue weighted by molar-refractivity contribution is -0.125. The Labute approximate surface area is 194 Å². The first kappa shape index (κ1) is 23.5. The highest BCUT2D eigenvalue weighted by molar-refractivity contribution is 6.01. The summed E-state index contributed by atoms with van der Waals surface area (Å²) in [6.07, 6.45) is 3.12. The molecule has 4 rings (SSSR count). The van der Waals surface area contributed by atoms with Crippen LogP contribution in [0.15, 0.2) is 24.3 Å². The Kier molecular flexibility index (Phi) is 6.95. The van der Waals surface area contributed by atoms with E-state index in [2.05, 4.69) is 25.7 Å². The Morgan fingerprint density at radius 1 is 1.21 bits per heavy atom. The maximum Gasteiger partial charge on any atom is 0.387 e. The molecule has 1 saturated heterocycles. The van der Waals surface area contributed by atoms with Gasteiger partial charge in [-0.3, -0.25) is 14.4 Å². The van der Waals surface area contributed by atoms with Crippen molar-refractivity contribution in [1.82, 2.24) is 20.9 Å². The van der Waals surface area contributed by atoms with Gasteiger partial charge in [0.2, 0.25) is 11.8 Å². The number of hydrogen-bond acceptors (Lipinski definition) is 5. The van der Waals surface area contributed by atoms with Gasteiger partial charge >= 0.3 is 6.61 Å². The predicted molar refractivity (Wildman–Crippen MR) is 117 cm³/mol. The lowest BCUT2D eigenvalue weighted by Gasteiger charge is -2.21. The van der Waals surface area contributed by atoms with Gasteiger partial charge < -0.3 is 25.7 Å². The number of carbonyl (C=O) groups is 3. The molecule has 0 radical (unpaired) electrons. The Bertz CT molecular complexity index is 1120. The molecule has 34 heavy (non-hydrogen) atoms. The van der Waals surface area contributed by atoms with Crippen LogP contribution in [0.5, 0.6) is 5.75 Å². The number of aromatic amines is 1. The number of rotatable bonds is 10. The van der Waals surface area contributed by atoms with Crippen LogP contribution in [0.3, 0.4) is 0 Å². The van der Waals surface area contributed by atoms with Gasteiger partial charge in [-0.2, -0.15) is 14.0 Å². The van der Waals surface area contributed by atoms with Crippen molar-refractivity contribution in [3.8, 4) is 11.8 Å². The first-order valence-electron chi connectivity index (χ1n) is 11.2. The van der Waals surface area contributed by atoms with E-state index < -0.39 is 30.5 Å². The molecule has 9 nitrogen and oxygen atoms in total. The van der Waals surface area contributed by atoms with Crippen LogP contribution in [0.1, 0.15) is 42.6 Å². The maximum absolute atomic E-state index is 13.0. The lowest BCUT2D eigenvalue weighted by atomic mass is 9.98. The summed E-state index contributed by atoms with van der Waals surface area (Å²) in [5, 5.41) is 17.8. The van der Waals surface area contributed by atoms with E-state index in [0.29, 0.717) is 36.2 Å². The number of benzene rings is 1. The molecule has 0 spiro atoms. The third-order valence-corrected chi connectivity index (χ3v) is 6.13. The molecule has 0 unspecified atom stereocenters. The number of halogens is 2. The fourth-order valence-corrected chi connectivity index (χ4v) is 4.17. The monoisotopic (exact) mass is 473 g/mol. The highest BCUT2D eigenvalue weighted by Gasteiger charge is 2.33. The number of alkyl halides is 2. The zero-order valence-electron chi connectivity index (χ0n) is 18.3. The number of aromatic nitrogens is 1. The topological polar surface area (TPSA) is 136 Å². The predicted octanol–water partition coefficient (Wildman–Crippen LogP) is 2.20. The molecule has 2 aliphatic rings. The summed E-state index contributed by atoms with van der Waals surface area (Å²) in [6, 6.07) is 6.20. The van der Waals surface area contributed by atoms with Gasteiger partial charge in [-0.25, -0.2) is 0 Å². The second-order valence-corrected chi connectivity index (χ2v) is 8.69. The highest BCUT2D eigenvalue weighted by Crippen LogP contribution is 2.34. The molecule has 3 amide bonds. The number of nitriles is 1. The average molecular weight is 473 g/mol. The second kappa shape index (κ2) is 10.1. The fraction of sp³-hybridized carbons (Fsp3) is 0.478. The normalized spacial score (nSPS) is 19.4. The minimum absolute atomic E-state index is 0.0668. The van der Waals surface area contributed by atoms with Crippen molar-refractivity contribution in [2.45, 2.75) is 50.8 Å². The van der Waals surface area contributed by atoms with Crippen LogP contribution in [0.4, 0.5) is 8.78 Å². The molecule has 3 atom stereocenters. The molecular weight excluding hydrogens is 448 g/mol. The van der Waals surface area contributed by atoms with Crippen LogP contribution in [0, 0.1) is 23.2 Å². The average Bonchev–Trinajstić information content (AvgIpc) is 3.35. The SMILES string of the molecule is N#C[C@H](C[C@@H]1CCNC1=O)NC(=O)[C@H](CC1CC1)NC(=O)c1cc2c(OC(F)F)cccc2[nH]1. The molecule has 11 heteroatoms. The Morgan fingerprint density at radius 3 is 2.65 bits per heavy atom. The number of fused-ring (bicyclic) bond motifs is 1. The summed E-state index contributed by atoms with van der Waals surface area (Å²) in [7, 11) is 0. The number of ether oxygens (including phenoxy) is 1. The molecule has 2 fully saturated rings. The van der Waals surface area contributed by atoms with Crippen molar-refractivity contribution in [3.63, 3.8) is 0 Å². The van der Waals surface area contributed by atoms with Gasteiger partial charge in [-0.05, 0) is 43.4 Å². The van der Waals surface area contributed by atoms with Crippen molar-refractivity contribution < 1.29 is 27.9 Å². The van der Waals surface area contributed by atoms with Gasteiger partial charge in [0.15, 0.2) is 0 Å². The number of hydrogen-bond donors (Lipinski definition) is 4. The number of carbonyl (C=O) groups excluding carboxylic acids is 3. The summed E-state index contributed by atoms with van der Waals surface area (Å²) in [5.74, 6) is -1.32. The first-order chi connectivity index (χ1) is 16.3. The molecule has 0 bridgehead atoms.